The van der Waals surface area contributed by atoms with Crippen LogP contribution in [-0.4, -0.2) is 41.8 Å². The lowest BCUT2D eigenvalue weighted by Gasteiger charge is -2.27. The van der Waals surface area contributed by atoms with Crippen LogP contribution in [0.3, 0.4) is 0 Å². The van der Waals surface area contributed by atoms with E-state index in [4.69, 9.17) is 9.84 Å². The molecular weight excluding hydrogens is 246 g/mol. The SMILES string of the molecule is COc1cc(C(C)N(C)CC(C)C(=O)O)ccc1O. The van der Waals surface area contributed by atoms with Crippen molar-refractivity contribution in [2.75, 3.05) is 20.7 Å². The molecule has 0 aromatic heterocycles. The Balaban J connectivity index is 2.81. The van der Waals surface area contributed by atoms with Gasteiger partial charge in [0.1, 0.15) is 0 Å². The highest BCUT2D eigenvalue weighted by Gasteiger charge is 2.19. The first-order valence-corrected chi connectivity index (χ1v) is 6.16. The molecule has 5 nitrogen and oxygen atoms in total. The molecule has 2 unspecified atom stereocenters. The first-order valence-electron chi connectivity index (χ1n) is 6.16. The standard InChI is InChI=1S/C14H21NO4/c1-9(14(17)18)8-15(3)10(2)11-5-6-12(16)13(7-11)19-4/h5-7,9-10,16H,8H2,1-4H3,(H,17,18). The summed E-state index contributed by atoms with van der Waals surface area (Å²) in [6.45, 7) is 4.13. The van der Waals surface area contributed by atoms with Crippen LogP contribution in [0.15, 0.2) is 18.2 Å². The minimum absolute atomic E-state index is 0.0382. The smallest absolute Gasteiger partial charge is 0.307 e. The Morgan fingerprint density at radius 2 is 2.05 bits per heavy atom. The fourth-order valence-corrected chi connectivity index (χ4v) is 1.88. The summed E-state index contributed by atoms with van der Waals surface area (Å²) >= 11 is 0. The Morgan fingerprint density at radius 1 is 1.42 bits per heavy atom. The van der Waals surface area contributed by atoms with Crippen LogP contribution in [-0.2, 0) is 4.79 Å². The van der Waals surface area contributed by atoms with Crippen molar-refractivity contribution < 1.29 is 19.7 Å². The van der Waals surface area contributed by atoms with Crippen molar-refractivity contribution in [2.24, 2.45) is 5.92 Å². The van der Waals surface area contributed by atoms with Crippen LogP contribution in [0.4, 0.5) is 0 Å². The molecular formula is C14H21NO4. The van der Waals surface area contributed by atoms with Crippen LogP contribution in [0.2, 0.25) is 0 Å². The average molecular weight is 267 g/mol. The number of hydrogen-bond acceptors (Lipinski definition) is 4. The number of carboxylic acids is 1. The number of benzene rings is 1. The van der Waals surface area contributed by atoms with Gasteiger partial charge in [-0.15, -0.1) is 0 Å². The van der Waals surface area contributed by atoms with Crippen LogP contribution < -0.4 is 4.74 Å². The Bertz CT molecular complexity index is 447. The van der Waals surface area contributed by atoms with Gasteiger partial charge in [-0.05, 0) is 31.7 Å². The zero-order chi connectivity index (χ0) is 14.6. The molecule has 1 aromatic carbocycles. The van der Waals surface area contributed by atoms with Gasteiger partial charge in [0.15, 0.2) is 11.5 Å². The van der Waals surface area contributed by atoms with Crippen LogP contribution in [0.1, 0.15) is 25.5 Å². The molecule has 0 heterocycles. The number of aromatic hydroxyl groups is 1. The van der Waals surface area contributed by atoms with Gasteiger partial charge in [0.2, 0.25) is 0 Å². The highest BCUT2D eigenvalue weighted by molar-refractivity contribution is 5.69. The Hall–Kier alpha value is -1.75. The van der Waals surface area contributed by atoms with E-state index in [0.29, 0.717) is 12.3 Å². The predicted molar refractivity (Wildman–Crippen MR) is 72.5 cm³/mol. The fourth-order valence-electron chi connectivity index (χ4n) is 1.88. The number of carboxylic acid groups (broad SMARTS) is 1. The lowest BCUT2D eigenvalue weighted by Crippen LogP contribution is -2.30. The molecule has 1 aromatic rings. The lowest BCUT2D eigenvalue weighted by atomic mass is 10.0. The van der Waals surface area contributed by atoms with Gasteiger partial charge < -0.3 is 14.9 Å². The van der Waals surface area contributed by atoms with E-state index in [1.54, 1.807) is 19.1 Å². The van der Waals surface area contributed by atoms with Crippen molar-refractivity contribution in [1.82, 2.24) is 4.90 Å². The van der Waals surface area contributed by atoms with Gasteiger partial charge in [0.05, 0.1) is 13.0 Å². The predicted octanol–water partition coefficient (Wildman–Crippen LogP) is 2.11. The van der Waals surface area contributed by atoms with E-state index in [2.05, 4.69) is 0 Å². The Labute approximate surface area is 113 Å². The van der Waals surface area contributed by atoms with Crippen molar-refractivity contribution in [3.63, 3.8) is 0 Å². The van der Waals surface area contributed by atoms with Gasteiger partial charge >= 0.3 is 5.97 Å². The van der Waals surface area contributed by atoms with E-state index in [0.717, 1.165) is 5.56 Å². The summed E-state index contributed by atoms with van der Waals surface area (Å²) in [6.07, 6.45) is 0. The van der Waals surface area contributed by atoms with Crippen LogP contribution in [0, 0.1) is 5.92 Å². The fraction of sp³-hybridized carbons (Fsp3) is 0.500. The molecule has 5 heteroatoms. The molecule has 0 radical (unpaired) electrons. The van der Waals surface area contributed by atoms with E-state index < -0.39 is 11.9 Å². The topological polar surface area (TPSA) is 70.0 Å². The number of hydrogen-bond donors (Lipinski definition) is 2. The van der Waals surface area contributed by atoms with E-state index >= 15 is 0 Å². The number of ether oxygens (including phenoxy) is 1. The Kier molecular flexibility index (Phi) is 5.18. The summed E-state index contributed by atoms with van der Waals surface area (Å²) < 4.78 is 5.07. The van der Waals surface area contributed by atoms with Gasteiger partial charge in [-0.1, -0.05) is 13.0 Å². The monoisotopic (exact) mass is 267 g/mol. The van der Waals surface area contributed by atoms with E-state index in [1.165, 1.54) is 7.11 Å². The first kappa shape index (κ1) is 15.3. The van der Waals surface area contributed by atoms with E-state index in [9.17, 15) is 9.90 Å². The molecule has 106 valence electrons. The molecule has 0 aliphatic rings. The largest absolute Gasteiger partial charge is 0.504 e. The summed E-state index contributed by atoms with van der Waals surface area (Å²) in [6, 6.07) is 5.20. The van der Waals surface area contributed by atoms with Gasteiger partial charge in [-0.3, -0.25) is 9.69 Å². The number of methoxy groups -OCH3 is 1. The molecule has 0 bridgehead atoms. The average Bonchev–Trinajstić information content (AvgIpc) is 2.38. The zero-order valence-corrected chi connectivity index (χ0v) is 11.8. The third kappa shape index (κ3) is 3.86. The summed E-state index contributed by atoms with van der Waals surface area (Å²) in [4.78, 5) is 12.8. The molecule has 0 saturated heterocycles. The second-order valence-electron chi connectivity index (χ2n) is 4.79. The third-order valence-corrected chi connectivity index (χ3v) is 3.33. The van der Waals surface area contributed by atoms with Gasteiger partial charge in [-0.25, -0.2) is 0 Å². The number of phenolic OH excluding ortho intramolecular Hbond substituents is 1. The summed E-state index contributed by atoms with van der Waals surface area (Å²) in [5, 5.41) is 18.5. The molecule has 0 aliphatic carbocycles. The summed E-state index contributed by atoms with van der Waals surface area (Å²) in [5.74, 6) is -0.710. The highest BCUT2D eigenvalue weighted by Crippen LogP contribution is 2.30. The second-order valence-corrected chi connectivity index (χ2v) is 4.79. The first-order chi connectivity index (χ1) is 8.86. The lowest BCUT2D eigenvalue weighted by molar-refractivity contribution is -0.141. The normalized spacial score (nSPS) is 14.2. The molecule has 0 amide bonds. The second kappa shape index (κ2) is 6.43. The molecule has 0 aliphatic heterocycles. The van der Waals surface area contributed by atoms with Crippen LogP contribution in [0.25, 0.3) is 0 Å². The maximum absolute atomic E-state index is 10.9. The minimum Gasteiger partial charge on any atom is -0.504 e. The van der Waals surface area contributed by atoms with Gasteiger partial charge in [-0.2, -0.15) is 0 Å². The maximum atomic E-state index is 10.9. The highest BCUT2D eigenvalue weighted by atomic mass is 16.5. The van der Waals surface area contributed by atoms with Gasteiger partial charge in [0.25, 0.3) is 0 Å². The third-order valence-electron chi connectivity index (χ3n) is 3.33. The Morgan fingerprint density at radius 3 is 2.58 bits per heavy atom. The number of nitrogens with zero attached hydrogens (tertiary/aromatic N) is 1. The molecule has 2 N–H and O–H groups in total. The molecule has 19 heavy (non-hydrogen) atoms. The molecule has 1 rings (SSSR count). The number of rotatable bonds is 6. The maximum Gasteiger partial charge on any atom is 0.307 e. The van der Waals surface area contributed by atoms with Crippen molar-refractivity contribution in [1.29, 1.82) is 0 Å². The zero-order valence-electron chi connectivity index (χ0n) is 11.8. The van der Waals surface area contributed by atoms with E-state index in [1.807, 2.05) is 24.9 Å². The van der Waals surface area contributed by atoms with Crippen molar-refractivity contribution in [3.05, 3.63) is 23.8 Å². The summed E-state index contributed by atoms with van der Waals surface area (Å²) in [7, 11) is 3.38. The molecule has 2 atom stereocenters. The van der Waals surface area contributed by atoms with Gasteiger partial charge in [0, 0.05) is 12.6 Å². The van der Waals surface area contributed by atoms with Crippen LogP contribution >= 0.6 is 0 Å². The quantitative estimate of drug-likeness (QED) is 0.826. The number of phenols is 1. The van der Waals surface area contributed by atoms with Crippen molar-refractivity contribution >= 4 is 5.97 Å². The number of aliphatic carboxylic acids is 1. The van der Waals surface area contributed by atoms with Crippen LogP contribution in [0.5, 0.6) is 11.5 Å². The molecule has 0 spiro atoms. The van der Waals surface area contributed by atoms with Crippen molar-refractivity contribution in [2.45, 2.75) is 19.9 Å². The number of carbonyl (C=O) groups is 1. The van der Waals surface area contributed by atoms with Crippen molar-refractivity contribution in [3.8, 4) is 11.5 Å². The minimum atomic E-state index is -0.803. The molecule has 0 fully saturated rings. The van der Waals surface area contributed by atoms with E-state index in [-0.39, 0.29) is 11.8 Å². The summed E-state index contributed by atoms with van der Waals surface area (Å²) in [5.41, 5.74) is 0.967. The molecule has 0 saturated carbocycles.